The summed E-state index contributed by atoms with van der Waals surface area (Å²) in [5, 5.41) is 20.5. The van der Waals surface area contributed by atoms with Gasteiger partial charge in [0.1, 0.15) is 23.6 Å². The summed E-state index contributed by atoms with van der Waals surface area (Å²) in [5.74, 6) is -1.20. The van der Waals surface area contributed by atoms with Crippen LogP contribution in [0.4, 0.5) is 8.78 Å². The Morgan fingerprint density at radius 3 is 2.83 bits per heavy atom. The number of aliphatic hydroxyl groups excluding tert-OH is 2. The van der Waals surface area contributed by atoms with Crippen molar-refractivity contribution in [1.82, 2.24) is 0 Å². The lowest BCUT2D eigenvalue weighted by Crippen LogP contribution is -2.33. The number of allylic oxidation sites excluding steroid dienone is 2. The summed E-state index contributed by atoms with van der Waals surface area (Å²) >= 11 is 0. The van der Waals surface area contributed by atoms with E-state index in [9.17, 15) is 23.8 Å². The third-order valence-corrected chi connectivity index (χ3v) is 6.00. The molecule has 7 heteroatoms. The predicted octanol–water partition coefficient (Wildman–Crippen LogP) is 3.78. The van der Waals surface area contributed by atoms with Gasteiger partial charge in [-0.25, -0.2) is 8.78 Å². The fraction of sp³-hybridized carbons (Fsp3) is 0.773. The first-order valence-electron chi connectivity index (χ1n) is 10.5. The monoisotopic (exact) mass is 416 g/mol. The van der Waals surface area contributed by atoms with Crippen molar-refractivity contribution in [2.24, 2.45) is 11.8 Å². The van der Waals surface area contributed by atoms with Crippen LogP contribution in [-0.4, -0.2) is 53.4 Å². The van der Waals surface area contributed by atoms with Crippen molar-refractivity contribution in [1.29, 1.82) is 0 Å². The maximum Gasteiger partial charge on any atom is 0.305 e. The van der Waals surface area contributed by atoms with E-state index in [4.69, 9.17) is 4.74 Å². The molecule has 0 spiro atoms. The van der Waals surface area contributed by atoms with Gasteiger partial charge in [0.25, 0.3) is 0 Å². The van der Waals surface area contributed by atoms with Crippen LogP contribution in [0.15, 0.2) is 24.0 Å². The minimum atomic E-state index is -1.76. The number of alkyl halides is 2. The van der Waals surface area contributed by atoms with Crippen LogP contribution in [0.5, 0.6) is 0 Å². The molecule has 0 aromatic carbocycles. The molecule has 29 heavy (non-hydrogen) atoms. The molecule has 2 N–H and O–H groups in total. The molecule has 1 aliphatic heterocycles. The highest BCUT2D eigenvalue weighted by atomic mass is 19.1. The number of fused-ring (bicyclic) bond motifs is 1. The van der Waals surface area contributed by atoms with Crippen molar-refractivity contribution in [3.8, 4) is 0 Å². The van der Waals surface area contributed by atoms with Gasteiger partial charge in [-0.3, -0.25) is 4.79 Å². The smallest absolute Gasteiger partial charge is 0.305 e. The van der Waals surface area contributed by atoms with Crippen molar-refractivity contribution < 1.29 is 33.3 Å². The van der Waals surface area contributed by atoms with E-state index in [1.165, 1.54) is 20.1 Å². The van der Waals surface area contributed by atoms with E-state index >= 15 is 0 Å². The number of ether oxygens (including phenoxy) is 2. The Morgan fingerprint density at radius 1 is 1.45 bits per heavy atom. The summed E-state index contributed by atoms with van der Waals surface area (Å²) in [4.78, 5) is 11.1. The molecule has 1 saturated carbocycles. The number of rotatable bonds is 10. The summed E-state index contributed by atoms with van der Waals surface area (Å²) in [6.45, 7) is 3.31. The van der Waals surface area contributed by atoms with Crippen molar-refractivity contribution in [2.75, 3.05) is 7.11 Å². The van der Waals surface area contributed by atoms with Gasteiger partial charge in [-0.15, -0.1) is 0 Å². The summed E-state index contributed by atoms with van der Waals surface area (Å²) in [7, 11) is 1.32. The molecule has 1 saturated heterocycles. The molecule has 0 aromatic rings. The van der Waals surface area contributed by atoms with Crippen molar-refractivity contribution >= 4 is 5.97 Å². The Hall–Kier alpha value is -1.47. The second-order valence-electron chi connectivity index (χ2n) is 8.30. The molecular weight excluding hydrogens is 382 g/mol. The molecule has 2 fully saturated rings. The minimum absolute atomic E-state index is 0.231. The van der Waals surface area contributed by atoms with Gasteiger partial charge in [-0.2, -0.15) is 0 Å². The molecule has 0 amide bonds. The highest BCUT2D eigenvalue weighted by Gasteiger charge is 2.53. The van der Waals surface area contributed by atoms with Crippen LogP contribution in [-0.2, 0) is 14.3 Å². The molecule has 1 aliphatic carbocycles. The molecule has 166 valence electrons. The quantitative estimate of drug-likeness (QED) is 0.322. The third-order valence-electron chi connectivity index (χ3n) is 6.00. The van der Waals surface area contributed by atoms with E-state index in [0.717, 1.165) is 6.42 Å². The van der Waals surface area contributed by atoms with E-state index in [-0.39, 0.29) is 24.6 Å². The number of methoxy groups -OCH3 is 1. The number of halogens is 2. The van der Waals surface area contributed by atoms with E-state index in [1.807, 2.05) is 6.92 Å². The first-order chi connectivity index (χ1) is 13.7. The molecule has 1 heterocycles. The van der Waals surface area contributed by atoms with E-state index in [2.05, 4.69) is 4.74 Å². The minimum Gasteiger partial charge on any atom is -0.491 e. The molecule has 5 nitrogen and oxygen atoms in total. The van der Waals surface area contributed by atoms with Gasteiger partial charge in [0.05, 0.1) is 13.2 Å². The summed E-state index contributed by atoms with van der Waals surface area (Å²) in [5.41, 5.74) is -1.76. The second kappa shape index (κ2) is 10.5. The first kappa shape index (κ1) is 23.8. The first-order valence-corrected chi connectivity index (χ1v) is 10.5. The van der Waals surface area contributed by atoms with Crippen LogP contribution >= 0.6 is 0 Å². The second-order valence-corrected chi connectivity index (χ2v) is 8.30. The average Bonchev–Trinajstić information content (AvgIpc) is 3.16. The lowest BCUT2D eigenvalue weighted by molar-refractivity contribution is -0.140. The number of unbranched alkanes of at least 4 members (excludes halogenated alkanes) is 2. The van der Waals surface area contributed by atoms with E-state index in [1.54, 1.807) is 12.2 Å². The maximum atomic E-state index is 15.0. The zero-order valence-corrected chi connectivity index (χ0v) is 17.5. The van der Waals surface area contributed by atoms with Gasteiger partial charge in [-0.05, 0) is 32.3 Å². The molecule has 7 atom stereocenters. The SMILES string of the molecule is CCCCC(C)(F)[C@H](O)C=C[C@@H]1[C@H]2[C@H](F)C(=CCCCC(=O)OC)O[C@@H]2C[C@H]1O. The van der Waals surface area contributed by atoms with Crippen LogP contribution in [0.3, 0.4) is 0 Å². The van der Waals surface area contributed by atoms with Crippen LogP contribution < -0.4 is 0 Å². The molecule has 2 aliphatic rings. The Balaban J connectivity index is 1.98. The Bertz CT molecular complexity index is 604. The predicted molar refractivity (Wildman–Crippen MR) is 106 cm³/mol. The van der Waals surface area contributed by atoms with Crippen LogP contribution in [0.1, 0.15) is 58.8 Å². The lowest BCUT2D eigenvalue weighted by atomic mass is 9.87. The fourth-order valence-corrected chi connectivity index (χ4v) is 4.11. The summed E-state index contributed by atoms with van der Waals surface area (Å²) in [6, 6.07) is 0. The third kappa shape index (κ3) is 6.01. The van der Waals surface area contributed by atoms with Gasteiger partial charge in [0.2, 0.25) is 0 Å². The van der Waals surface area contributed by atoms with Crippen molar-refractivity contribution in [3.63, 3.8) is 0 Å². The molecule has 1 unspecified atom stereocenters. The zero-order chi connectivity index (χ0) is 21.6. The standard InChI is InChI=1S/C22H34F2O5/c1-4-5-12-22(2,24)18(26)11-10-14-15(25)13-17-20(14)21(23)16(29-17)8-6-7-9-19(27)28-3/h8,10-11,14-15,17-18,20-21,25-26H,4-7,9,12-13H2,1-3H3/t14-,15+,17+,18+,20+,21+,22?/m0/s1. The van der Waals surface area contributed by atoms with E-state index in [0.29, 0.717) is 25.7 Å². The largest absolute Gasteiger partial charge is 0.491 e. The lowest BCUT2D eigenvalue weighted by Gasteiger charge is -2.25. The van der Waals surface area contributed by atoms with Gasteiger partial charge < -0.3 is 19.7 Å². The van der Waals surface area contributed by atoms with Gasteiger partial charge >= 0.3 is 5.97 Å². The van der Waals surface area contributed by atoms with E-state index < -0.39 is 42.0 Å². The van der Waals surface area contributed by atoms with Crippen LogP contribution in [0.25, 0.3) is 0 Å². The summed E-state index contributed by atoms with van der Waals surface area (Å²) < 4.78 is 39.8. The maximum absolute atomic E-state index is 15.0. The van der Waals surface area contributed by atoms with Crippen LogP contribution in [0.2, 0.25) is 0 Å². The molecule has 0 bridgehead atoms. The number of carbonyl (C=O) groups excluding carboxylic acids is 1. The van der Waals surface area contributed by atoms with Crippen molar-refractivity contribution in [2.45, 2.75) is 88.9 Å². The average molecular weight is 417 g/mol. The fourth-order valence-electron chi connectivity index (χ4n) is 4.11. The van der Waals surface area contributed by atoms with Gasteiger partial charge in [0, 0.05) is 24.7 Å². The van der Waals surface area contributed by atoms with Crippen LogP contribution in [0, 0.1) is 11.8 Å². The molecule has 0 aromatic heterocycles. The number of esters is 1. The Morgan fingerprint density at radius 2 is 2.17 bits per heavy atom. The Labute approximate surface area is 171 Å². The number of hydrogen-bond acceptors (Lipinski definition) is 5. The number of aliphatic hydroxyl groups is 2. The molecule has 0 radical (unpaired) electrons. The topological polar surface area (TPSA) is 76.0 Å². The highest BCUT2D eigenvalue weighted by molar-refractivity contribution is 5.69. The van der Waals surface area contributed by atoms with Gasteiger partial charge in [0.15, 0.2) is 6.17 Å². The number of hydrogen-bond donors (Lipinski definition) is 2. The van der Waals surface area contributed by atoms with Crippen molar-refractivity contribution in [3.05, 3.63) is 24.0 Å². The zero-order valence-electron chi connectivity index (χ0n) is 17.5. The molecular formula is C22H34F2O5. The number of carbonyl (C=O) groups is 1. The molecule has 2 rings (SSSR count). The highest BCUT2D eigenvalue weighted by Crippen LogP contribution is 2.47. The summed E-state index contributed by atoms with van der Waals surface area (Å²) in [6.07, 6.45) is 3.91. The Kier molecular flexibility index (Phi) is 8.64. The normalized spacial score (nSPS) is 33.5. The van der Waals surface area contributed by atoms with Gasteiger partial charge in [-0.1, -0.05) is 31.9 Å².